The Hall–Kier alpha value is -0.620. The van der Waals surface area contributed by atoms with E-state index in [1.807, 2.05) is 0 Å². The van der Waals surface area contributed by atoms with E-state index in [0.717, 1.165) is 12.8 Å². The van der Waals surface area contributed by atoms with E-state index in [9.17, 15) is 13.2 Å². The maximum Gasteiger partial charge on any atom is 0.240 e. The molecule has 0 radical (unpaired) electrons. The molecule has 0 aromatic rings. The highest BCUT2D eigenvalue weighted by Gasteiger charge is 2.46. The Bertz CT molecular complexity index is 359. The highest BCUT2D eigenvalue weighted by Crippen LogP contribution is 2.32. The van der Waals surface area contributed by atoms with Gasteiger partial charge in [0.2, 0.25) is 5.91 Å². The predicted molar refractivity (Wildman–Crippen MR) is 56.0 cm³/mol. The Morgan fingerprint density at radius 1 is 1.27 bits per heavy atom. The van der Waals surface area contributed by atoms with Gasteiger partial charge in [-0.25, -0.2) is 8.42 Å². The van der Waals surface area contributed by atoms with E-state index in [-0.39, 0.29) is 23.5 Å². The van der Waals surface area contributed by atoms with Crippen molar-refractivity contribution in [3.63, 3.8) is 0 Å². The predicted octanol–water partition coefficient (Wildman–Crippen LogP) is -0.829. The third kappa shape index (κ3) is 2.49. The highest BCUT2D eigenvalue weighted by molar-refractivity contribution is 7.91. The lowest BCUT2D eigenvalue weighted by atomic mass is 10.1. The summed E-state index contributed by atoms with van der Waals surface area (Å²) >= 11 is 0. The smallest absolute Gasteiger partial charge is 0.240 e. The summed E-state index contributed by atoms with van der Waals surface area (Å²) in [6.07, 6.45) is 2.52. The van der Waals surface area contributed by atoms with Gasteiger partial charge in [0.05, 0.1) is 17.0 Å². The Balaban J connectivity index is 1.84. The van der Waals surface area contributed by atoms with Crippen molar-refractivity contribution in [3.8, 4) is 0 Å². The van der Waals surface area contributed by atoms with Gasteiger partial charge in [-0.3, -0.25) is 4.79 Å². The van der Waals surface area contributed by atoms with Crippen LogP contribution in [0.2, 0.25) is 0 Å². The Kier molecular flexibility index (Phi) is 2.50. The van der Waals surface area contributed by atoms with Gasteiger partial charge in [-0.2, -0.15) is 0 Å². The molecule has 2 fully saturated rings. The SMILES string of the molecule is NC1(C(=O)NC2CCS(=O)(=O)CC2)CC1. The fraction of sp³-hybridized carbons (Fsp3) is 0.889. The molecule has 1 heterocycles. The van der Waals surface area contributed by atoms with Gasteiger partial charge in [-0.1, -0.05) is 0 Å². The Labute approximate surface area is 89.3 Å². The lowest BCUT2D eigenvalue weighted by Crippen LogP contribution is -2.49. The second-order valence-electron chi connectivity index (χ2n) is 4.56. The monoisotopic (exact) mass is 232 g/mol. The molecule has 5 nitrogen and oxygen atoms in total. The summed E-state index contributed by atoms with van der Waals surface area (Å²) in [6.45, 7) is 0. The number of carbonyl (C=O) groups excluding carboxylic acids is 1. The van der Waals surface area contributed by atoms with Gasteiger partial charge in [0, 0.05) is 6.04 Å². The molecular weight excluding hydrogens is 216 g/mol. The van der Waals surface area contributed by atoms with Crippen molar-refractivity contribution < 1.29 is 13.2 Å². The van der Waals surface area contributed by atoms with Crippen molar-refractivity contribution in [2.24, 2.45) is 5.73 Å². The van der Waals surface area contributed by atoms with Gasteiger partial charge in [0.1, 0.15) is 9.84 Å². The first kappa shape index (κ1) is 10.9. The van der Waals surface area contributed by atoms with E-state index in [1.165, 1.54) is 0 Å². The molecule has 2 rings (SSSR count). The van der Waals surface area contributed by atoms with E-state index in [2.05, 4.69) is 5.32 Å². The second kappa shape index (κ2) is 3.45. The first-order valence-corrected chi connectivity index (χ1v) is 7.04. The maximum absolute atomic E-state index is 11.6. The van der Waals surface area contributed by atoms with Crippen LogP contribution in [-0.4, -0.2) is 37.4 Å². The van der Waals surface area contributed by atoms with Crippen molar-refractivity contribution in [2.45, 2.75) is 37.3 Å². The molecule has 0 unspecified atom stereocenters. The number of amides is 1. The second-order valence-corrected chi connectivity index (χ2v) is 6.86. The number of hydrogen-bond acceptors (Lipinski definition) is 4. The molecule has 1 aliphatic carbocycles. The molecule has 86 valence electrons. The van der Waals surface area contributed by atoms with Crippen LogP contribution in [0.1, 0.15) is 25.7 Å². The van der Waals surface area contributed by atoms with Crippen LogP contribution in [0.15, 0.2) is 0 Å². The van der Waals surface area contributed by atoms with Crippen LogP contribution in [0.25, 0.3) is 0 Å². The van der Waals surface area contributed by atoms with Crippen molar-refractivity contribution in [1.29, 1.82) is 0 Å². The minimum Gasteiger partial charge on any atom is -0.352 e. The lowest BCUT2D eigenvalue weighted by Gasteiger charge is -2.24. The molecule has 2 aliphatic rings. The number of nitrogens with two attached hydrogens (primary N) is 1. The van der Waals surface area contributed by atoms with Crippen LogP contribution < -0.4 is 11.1 Å². The molecule has 1 amide bonds. The summed E-state index contributed by atoms with van der Waals surface area (Å²) in [4.78, 5) is 11.6. The average molecular weight is 232 g/mol. The number of carbonyl (C=O) groups is 1. The number of rotatable bonds is 2. The van der Waals surface area contributed by atoms with Crippen LogP contribution >= 0.6 is 0 Å². The van der Waals surface area contributed by atoms with Gasteiger partial charge >= 0.3 is 0 Å². The molecule has 1 saturated carbocycles. The first-order valence-electron chi connectivity index (χ1n) is 5.22. The summed E-state index contributed by atoms with van der Waals surface area (Å²) in [5.74, 6) is 0.234. The zero-order valence-electron chi connectivity index (χ0n) is 8.53. The van der Waals surface area contributed by atoms with Crippen molar-refractivity contribution >= 4 is 15.7 Å². The van der Waals surface area contributed by atoms with Crippen molar-refractivity contribution in [1.82, 2.24) is 5.32 Å². The summed E-state index contributed by atoms with van der Waals surface area (Å²) < 4.78 is 22.3. The van der Waals surface area contributed by atoms with Crippen LogP contribution in [0.5, 0.6) is 0 Å². The average Bonchev–Trinajstić information content (AvgIpc) is 2.89. The summed E-state index contributed by atoms with van der Waals surface area (Å²) in [7, 11) is -2.85. The summed E-state index contributed by atoms with van der Waals surface area (Å²) in [6, 6.07) is -0.0120. The van der Waals surface area contributed by atoms with Crippen LogP contribution in [0.3, 0.4) is 0 Å². The number of nitrogens with one attached hydrogen (secondary N) is 1. The standard InChI is InChI=1S/C9H16N2O3S/c10-9(3-4-9)8(12)11-7-1-5-15(13,14)6-2-7/h7H,1-6,10H2,(H,11,12). The normalized spacial score (nSPS) is 28.3. The third-order valence-electron chi connectivity index (χ3n) is 3.13. The van der Waals surface area contributed by atoms with Gasteiger partial charge < -0.3 is 11.1 Å². The van der Waals surface area contributed by atoms with E-state index in [1.54, 1.807) is 0 Å². The van der Waals surface area contributed by atoms with Crippen molar-refractivity contribution in [3.05, 3.63) is 0 Å². The quantitative estimate of drug-likeness (QED) is 0.650. The van der Waals surface area contributed by atoms with Gasteiger partial charge in [-0.05, 0) is 25.7 Å². The molecule has 3 N–H and O–H groups in total. The zero-order chi connectivity index (χ0) is 11.1. The highest BCUT2D eigenvalue weighted by atomic mass is 32.2. The minimum atomic E-state index is -2.85. The van der Waals surface area contributed by atoms with Crippen LogP contribution in [0.4, 0.5) is 0 Å². The topological polar surface area (TPSA) is 89.3 Å². The van der Waals surface area contributed by atoms with E-state index >= 15 is 0 Å². The van der Waals surface area contributed by atoms with E-state index in [4.69, 9.17) is 5.73 Å². The van der Waals surface area contributed by atoms with E-state index < -0.39 is 15.4 Å². The van der Waals surface area contributed by atoms with Crippen molar-refractivity contribution in [2.75, 3.05) is 11.5 Å². The molecule has 0 aromatic heterocycles. The fourth-order valence-electron chi connectivity index (χ4n) is 1.73. The summed E-state index contributed by atoms with van der Waals surface area (Å²) in [5.41, 5.74) is 5.07. The molecule has 0 atom stereocenters. The molecule has 1 aliphatic heterocycles. The third-order valence-corrected chi connectivity index (χ3v) is 4.85. The van der Waals surface area contributed by atoms with Crippen LogP contribution in [0, 0.1) is 0 Å². The number of sulfone groups is 1. The molecule has 1 saturated heterocycles. The number of hydrogen-bond donors (Lipinski definition) is 2. The summed E-state index contributed by atoms with van der Waals surface area (Å²) in [5, 5.41) is 2.83. The zero-order valence-corrected chi connectivity index (χ0v) is 9.35. The molecule has 0 bridgehead atoms. The molecule has 0 aromatic carbocycles. The first-order chi connectivity index (χ1) is 6.91. The molecule has 15 heavy (non-hydrogen) atoms. The fourth-order valence-corrected chi connectivity index (χ4v) is 3.22. The maximum atomic E-state index is 11.6. The van der Waals surface area contributed by atoms with E-state index in [0.29, 0.717) is 12.8 Å². The molecule has 0 spiro atoms. The van der Waals surface area contributed by atoms with Gasteiger partial charge in [0.15, 0.2) is 0 Å². The Morgan fingerprint density at radius 2 is 1.80 bits per heavy atom. The Morgan fingerprint density at radius 3 is 2.27 bits per heavy atom. The van der Waals surface area contributed by atoms with Gasteiger partial charge in [-0.15, -0.1) is 0 Å². The molecule has 6 heteroatoms. The molecular formula is C9H16N2O3S. The van der Waals surface area contributed by atoms with Crippen LogP contribution in [-0.2, 0) is 14.6 Å². The largest absolute Gasteiger partial charge is 0.352 e. The lowest BCUT2D eigenvalue weighted by molar-refractivity contribution is -0.124. The van der Waals surface area contributed by atoms with Gasteiger partial charge in [0.25, 0.3) is 0 Å². The minimum absolute atomic E-state index is 0.0120.